The van der Waals surface area contributed by atoms with Crippen molar-refractivity contribution in [2.24, 2.45) is 0 Å². The van der Waals surface area contributed by atoms with Crippen molar-refractivity contribution >= 4 is 40.1 Å². The molecule has 5 heteroatoms. The molecule has 0 aliphatic heterocycles. The highest BCUT2D eigenvalue weighted by atomic mass is 127. The molecule has 1 aromatic carbocycles. The fraction of sp³-hybridized carbons (Fsp3) is 0.364. The third kappa shape index (κ3) is 3.61. The lowest BCUT2D eigenvalue weighted by Crippen LogP contribution is -2.33. The van der Waals surface area contributed by atoms with Gasteiger partial charge in [0.25, 0.3) is 5.91 Å². The molecule has 0 saturated carbocycles. The highest BCUT2D eigenvalue weighted by Crippen LogP contribution is 2.20. The molecule has 88 valence electrons. The molecule has 0 bridgehead atoms. The predicted molar refractivity (Wildman–Crippen MR) is 72.8 cm³/mol. The molecule has 1 N–H and O–H groups in total. The predicted octanol–water partition coefficient (Wildman–Crippen LogP) is 2.40. The van der Waals surface area contributed by atoms with E-state index < -0.39 is 6.10 Å². The highest BCUT2D eigenvalue weighted by molar-refractivity contribution is 14.1. The molecule has 0 saturated heterocycles. The maximum atomic E-state index is 11.9. The topological polar surface area (TPSA) is 40.5 Å². The molecule has 1 atom stereocenters. The van der Waals surface area contributed by atoms with Crippen LogP contribution in [-0.2, 0) is 0 Å². The van der Waals surface area contributed by atoms with Gasteiger partial charge in [0.05, 0.1) is 11.1 Å². The summed E-state index contributed by atoms with van der Waals surface area (Å²) in [6.45, 7) is 1.95. The monoisotopic (exact) mass is 353 g/mol. The number of benzene rings is 1. The molecule has 1 aromatic rings. The van der Waals surface area contributed by atoms with Gasteiger partial charge in [0.1, 0.15) is 0 Å². The molecule has 16 heavy (non-hydrogen) atoms. The van der Waals surface area contributed by atoms with E-state index in [1.165, 1.54) is 4.90 Å². The minimum absolute atomic E-state index is 0.140. The van der Waals surface area contributed by atoms with Gasteiger partial charge in [-0.25, -0.2) is 0 Å². The van der Waals surface area contributed by atoms with Crippen LogP contribution in [0.4, 0.5) is 0 Å². The second kappa shape index (κ2) is 5.84. The smallest absolute Gasteiger partial charge is 0.253 e. The van der Waals surface area contributed by atoms with Crippen molar-refractivity contribution in [3.05, 3.63) is 32.4 Å². The average Bonchev–Trinajstić information content (AvgIpc) is 2.20. The summed E-state index contributed by atoms with van der Waals surface area (Å²) < 4.78 is 0.911. The van der Waals surface area contributed by atoms with Crippen LogP contribution in [0.25, 0.3) is 0 Å². The first kappa shape index (κ1) is 13.7. The van der Waals surface area contributed by atoms with Gasteiger partial charge in [-0.05, 0) is 47.7 Å². The van der Waals surface area contributed by atoms with Crippen LogP contribution in [0.2, 0.25) is 5.02 Å². The van der Waals surface area contributed by atoms with E-state index in [0.29, 0.717) is 17.1 Å². The van der Waals surface area contributed by atoms with E-state index in [2.05, 4.69) is 22.6 Å². The molecule has 3 nitrogen and oxygen atoms in total. The number of amides is 1. The Labute approximate surface area is 114 Å². The van der Waals surface area contributed by atoms with E-state index in [0.717, 1.165) is 3.57 Å². The summed E-state index contributed by atoms with van der Waals surface area (Å²) in [4.78, 5) is 13.4. The van der Waals surface area contributed by atoms with Gasteiger partial charge in [-0.3, -0.25) is 4.79 Å². The molecule has 0 aliphatic carbocycles. The van der Waals surface area contributed by atoms with Crippen LogP contribution in [0.15, 0.2) is 18.2 Å². The van der Waals surface area contributed by atoms with Crippen molar-refractivity contribution < 1.29 is 9.90 Å². The Morgan fingerprint density at radius 3 is 2.75 bits per heavy atom. The number of likely N-dealkylation sites (N-methyl/N-ethyl adjacent to an activating group) is 1. The number of hydrogen-bond donors (Lipinski definition) is 1. The number of carbonyl (C=O) groups is 1. The number of rotatable bonds is 3. The summed E-state index contributed by atoms with van der Waals surface area (Å²) in [7, 11) is 1.65. The first-order valence-electron chi connectivity index (χ1n) is 4.80. The van der Waals surface area contributed by atoms with Gasteiger partial charge < -0.3 is 10.0 Å². The van der Waals surface area contributed by atoms with Crippen LogP contribution in [0.1, 0.15) is 17.3 Å². The van der Waals surface area contributed by atoms with Crippen LogP contribution >= 0.6 is 34.2 Å². The van der Waals surface area contributed by atoms with Gasteiger partial charge in [-0.2, -0.15) is 0 Å². The summed E-state index contributed by atoms with van der Waals surface area (Å²) in [5, 5.41) is 9.76. The van der Waals surface area contributed by atoms with E-state index in [9.17, 15) is 9.90 Å². The van der Waals surface area contributed by atoms with Crippen LogP contribution in [0, 0.1) is 3.57 Å². The largest absolute Gasteiger partial charge is 0.392 e. The maximum absolute atomic E-state index is 11.9. The SMILES string of the molecule is CC(O)CN(C)C(=O)c1ccc(I)c(Cl)c1. The van der Waals surface area contributed by atoms with E-state index in [1.807, 2.05) is 0 Å². The molecule has 1 unspecified atom stereocenters. The van der Waals surface area contributed by atoms with Gasteiger partial charge >= 0.3 is 0 Å². The summed E-state index contributed by atoms with van der Waals surface area (Å²) in [5.74, 6) is -0.140. The number of hydrogen-bond acceptors (Lipinski definition) is 2. The van der Waals surface area contributed by atoms with Gasteiger partial charge in [0, 0.05) is 22.7 Å². The molecular weight excluding hydrogens is 340 g/mol. The second-order valence-electron chi connectivity index (χ2n) is 3.66. The number of halogens is 2. The summed E-state index contributed by atoms with van der Waals surface area (Å²) in [6.07, 6.45) is -0.534. The van der Waals surface area contributed by atoms with Crippen molar-refractivity contribution in [3.8, 4) is 0 Å². The lowest BCUT2D eigenvalue weighted by molar-refractivity contribution is 0.0703. The molecule has 0 spiro atoms. The van der Waals surface area contributed by atoms with Crippen molar-refractivity contribution in [1.82, 2.24) is 4.90 Å². The van der Waals surface area contributed by atoms with E-state index in [4.69, 9.17) is 11.6 Å². The number of aliphatic hydroxyl groups excluding tert-OH is 1. The third-order valence-corrected chi connectivity index (χ3v) is 3.62. The van der Waals surface area contributed by atoms with E-state index in [-0.39, 0.29) is 5.91 Å². The molecule has 0 fully saturated rings. The van der Waals surface area contributed by atoms with Crippen LogP contribution in [0.5, 0.6) is 0 Å². The highest BCUT2D eigenvalue weighted by Gasteiger charge is 2.14. The zero-order valence-corrected chi connectivity index (χ0v) is 12.0. The molecule has 0 aliphatic rings. The van der Waals surface area contributed by atoms with Crippen molar-refractivity contribution in [2.75, 3.05) is 13.6 Å². The van der Waals surface area contributed by atoms with Gasteiger partial charge in [0.15, 0.2) is 0 Å². The minimum atomic E-state index is -0.534. The Balaban J connectivity index is 2.84. The standard InChI is InChI=1S/C11H13ClINO2/c1-7(15)6-14(2)11(16)8-3-4-10(13)9(12)5-8/h3-5,7,15H,6H2,1-2H3. The molecule has 0 heterocycles. The normalized spacial score (nSPS) is 12.3. The summed E-state index contributed by atoms with van der Waals surface area (Å²) >= 11 is 8.05. The maximum Gasteiger partial charge on any atom is 0.253 e. The lowest BCUT2D eigenvalue weighted by atomic mass is 10.2. The Morgan fingerprint density at radius 1 is 1.62 bits per heavy atom. The molecule has 1 rings (SSSR count). The fourth-order valence-corrected chi connectivity index (χ4v) is 1.84. The van der Waals surface area contributed by atoms with Crippen LogP contribution in [0.3, 0.4) is 0 Å². The van der Waals surface area contributed by atoms with Gasteiger partial charge in [-0.1, -0.05) is 11.6 Å². The zero-order chi connectivity index (χ0) is 12.3. The second-order valence-corrected chi connectivity index (χ2v) is 5.23. The van der Waals surface area contributed by atoms with Crippen LogP contribution < -0.4 is 0 Å². The quantitative estimate of drug-likeness (QED) is 0.848. The summed E-state index contributed by atoms with van der Waals surface area (Å²) in [6, 6.07) is 5.17. The summed E-state index contributed by atoms with van der Waals surface area (Å²) in [5.41, 5.74) is 0.536. The van der Waals surface area contributed by atoms with Crippen LogP contribution in [-0.4, -0.2) is 35.6 Å². The fourth-order valence-electron chi connectivity index (χ4n) is 1.33. The Morgan fingerprint density at radius 2 is 2.25 bits per heavy atom. The molecule has 0 radical (unpaired) electrons. The Bertz CT molecular complexity index is 396. The zero-order valence-electron chi connectivity index (χ0n) is 9.08. The number of carbonyl (C=O) groups excluding carboxylic acids is 1. The lowest BCUT2D eigenvalue weighted by Gasteiger charge is -2.18. The first-order chi connectivity index (χ1) is 7.41. The molecular formula is C11H13ClINO2. The first-order valence-corrected chi connectivity index (χ1v) is 6.26. The van der Waals surface area contributed by atoms with E-state index >= 15 is 0 Å². The minimum Gasteiger partial charge on any atom is -0.392 e. The number of aliphatic hydroxyl groups is 1. The molecule has 1 amide bonds. The average molecular weight is 354 g/mol. The molecule has 0 aromatic heterocycles. The van der Waals surface area contributed by atoms with Gasteiger partial charge in [0.2, 0.25) is 0 Å². The Hall–Kier alpha value is -0.330. The third-order valence-electron chi connectivity index (χ3n) is 2.05. The van der Waals surface area contributed by atoms with Crippen molar-refractivity contribution in [3.63, 3.8) is 0 Å². The van der Waals surface area contributed by atoms with Crippen molar-refractivity contribution in [2.45, 2.75) is 13.0 Å². The Kier molecular flexibility index (Phi) is 5.01. The van der Waals surface area contributed by atoms with E-state index in [1.54, 1.807) is 32.2 Å². The number of nitrogens with zero attached hydrogens (tertiary/aromatic N) is 1. The van der Waals surface area contributed by atoms with Gasteiger partial charge in [-0.15, -0.1) is 0 Å². The van der Waals surface area contributed by atoms with Crippen molar-refractivity contribution in [1.29, 1.82) is 0 Å².